The normalized spacial score (nSPS) is 10.7. The van der Waals surface area contributed by atoms with E-state index >= 15 is 0 Å². The Morgan fingerprint density at radius 2 is 0.603 bits per heavy atom. The van der Waals surface area contributed by atoms with Crippen LogP contribution in [0.15, 0.2) is 84.9 Å². The first-order valence-electron chi connectivity index (χ1n) is 17.5. The maximum absolute atomic E-state index is 11.7. The first-order valence-corrected chi connectivity index (χ1v) is 17.5. The average Bonchev–Trinajstić information content (AvgIpc) is 3.21. The van der Waals surface area contributed by atoms with Crippen molar-refractivity contribution in [1.82, 2.24) is 0 Å². The molecule has 0 amide bonds. The number of hydrogen-bond acceptors (Lipinski definition) is 6. The van der Waals surface area contributed by atoms with Crippen LogP contribution < -0.4 is 9.80 Å². The van der Waals surface area contributed by atoms with Gasteiger partial charge in [-0.25, -0.2) is 0 Å². The van der Waals surface area contributed by atoms with Crippen LogP contribution in [0.4, 0.5) is 22.7 Å². The molecule has 5 aromatic rings. The predicted molar refractivity (Wildman–Crippen MR) is 226 cm³/mol. The van der Waals surface area contributed by atoms with Crippen LogP contribution >= 0.6 is 0 Å². The number of fused-ring (bicyclic) bond motifs is 10. The van der Waals surface area contributed by atoms with Gasteiger partial charge in [0.25, 0.3) is 11.4 Å². The lowest BCUT2D eigenvalue weighted by Gasteiger charge is -2.13. The van der Waals surface area contributed by atoms with Crippen molar-refractivity contribution in [3.63, 3.8) is 0 Å². The van der Waals surface area contributed by atoms with Gasteiger partial charge in [0, 0.05) is 131 Å². The third kappa shape index (κ3) is 8.36. The van der Waals surface area contributed by atoms with E-state index in [4.69, 9.17) is 0 Å². The number of anilines is 2. The summed E-state index contributed by atoms with van der Waals surface area (Å²) in [7, 11) is 7.69. The summed E-state index contributed by atoms with van der Waals surface area (Å²) in [6, 6.07) is 23.7. The standard InChI is InChI=1S/C50H26N4O4/c1-51(2)47-25-21-35-13-17-43-29-46(20-16-37-23-27-49(53(55)56)33-41(37)11-7-5-9-39(35)31-47)44-18-14-36-22-26-48(52(3)4)32-40(36)10-6-8-12-42-34-50(54(57)58)28-24-38(42)15-19-45(43)30-44/h21-34H,1-4H3. The SMILES string of the molecule is CN(C)c1ccc2c(c1)C#CC#Cc1cc([N+](=O)[O-])ccc1C#Cc1cc(c3cc1C#Cc1ccc(N(C)C)cc1C#CC#Cc1cc([N+](=O)[O-])ccc1C#C3)C#C2. The van der Waals surface area contributed by atoms with Gasteiger partial charge in [-0.15, -0.1) is 0 Å². The summed E-state index contributed by atoms with van der Waals surface area (Å²) < 4.78 is 0. The molecule has 8 heteroatoms. The summed E-state index contributed by atoms with van der Waals surface area (Å²) in [6.45, 7) is 0. The Balaban J connectivity index is 1.55. The Labute approximate surface area is 336 Å². The monoisotopic (exact) mass is 746 g/mol. The van der Waals surface area contributed by atoms with Crippen LogP contribution in [0.2, 0.25) is 0 Å². The molecule has 0 radical (unpaired) electrons. The molecule has 0 atom stereocenters. The van der Waals surface area contributed by atoms with Crippen LogP contribution in [0.1, 0.15) is 66.8 Å². The molecule has 0 saturated carbocycles. The number of rotatable bonds is 4. The van der Waals surface area contributed by atoms with Crippen LogP contribution in [0.5, 0.6) is 0 Å². The summed E-state index contributed by atoms with van der Waals surface area (Å²) in [5, 5.41) is 23.4. The Morgan fingerprint density at radius 3 is 0.897 bits per heavy atom. The predicted octanol–water partition coefficient (Wildman–Crippen LogP) is 6.67. The van der Waals surface area contributed by atoms with Crippen LogP contribution in [0, 0.1) is 115 Å². The molecule has 270 valence electrons. The molecule has 8 nitrogen and oxygen atoms in total. The van der Waals surface area contributed by atoms with E-state index in [-0.39, 0.29) is 11.4 Å². The quantitative estimate of drug-likeness (QED) is 0.116. The van der Waals surface area contributed by atoms with Crippen molar-refractivity contribution < 1.29 is 9.85 Å². The second-order valence-electron chi connectivity index (χ2n) is 13.2. The summed E-state index contributed by atoms with van der Waals surface area (Å²) in [5.41, 5.74) is 7.82. The lowest BCUT2D eigenvalue weighted by molar-refractivity contribution is -0.385. The summed E-state index contributed by atoms with van der Waals surface area (Å²) in [4.78, 5) is 26.4. The van der Waals surface area contributed by atoms with Gasteiger partial charge >= 0.3 is 0 Å². The first-order chi connectivity index (χ1) is 28.0. The van der Waals surface area contributed by atoms with Crippen LogP contribution in [-0.4, -0.2) is 38.0 Å². The number of benzene rings is 5. The molecular weight excluding hydrogens is 721 g/mol. The molecule has 0 saturated heterocycles. The van der Waals surface area contributed by atoms with Crippen LogP contribution in [0.25, 0.3) is 0 Å². The van der Waals surface area contributed by atoms with E-state index in [1.807, 2.05) is 86.5 Å². The van der Waals surface area contributed by atoms with Gasteiger partial charge in [-0.1, -0.05) is 71.0 Å². The van der Waals surface area contributed by atoms with Gasteiger partial charge in [0.05, 0.1) is 9.85 Å². The number of hydrogen-bond donors (Lipinski definition) is 0. The van der Waals surface area contributed by atoms with Gasteiger partial charge in [-0.3, -0.25) is 20.2 Å². The van der Waals surface area contributed by atoms with E-state index in [2.05, 4.69) is 94.7 Å². The highest BCUT2D eigenvalue weighted by Crippen LogP contribution is 2.23. The smallest absolute Gasteiger partial charge is 0.270 e. The fraction of sp³-hybridized carbons (Fsp3) is 0.0800. The van der Waals surface area contributed by atoms with Crippen molar-refractivity contribution in [3.05, 3.63) is 172 Å². The topological polar surface area (TPSA) is 92.8 Å². The molecule has 0 fully saturated rings. The van der Waals surface area contributed by atoms with Gasteiger partial charge in [0.15, 0.2) is 0 Å². The van der Waals surface area contributed by atoms with Crippen molar-refractivity contribution in [3.8, 4) is 94.7 Å². The van der Waals surface area contributed by atoms with Gasteiger partial charge in [-0.2, -0.15) is 0 Å². The third-order valence-corrected chi connectivity index (χ3v) is 8.87. The summed E-state index contributed by atoms with van der Waals surface area (Å²) in [5.74, 6) is 49.6. The lowest BCUT2D eigenvalue weighted by Crippen LogP contribution is -2.08. The van der Waals surface area contributed by atoms with Crippen molar-refractivity contribution in [2.24, 2.45) is 0 Å². The second-order valence-corrected chi connectivity index (χ2v) is 13.2. The molecule has 2 aliphatic rings. The minimum absolute atomic E-state index is 0.128. The third-order valence-electron chi connectivity index (χ3n) is 8.87. The van der Waals surface area contributed by atoms with E-state index < -0.39 is 9.85 Å². The van der Waals surface area contributed by atoms with Crippen LogP contribution in [0.3, 0.4) is 0 Å². The molecule has 0 aromatic heterocycles. The van der Waals surface area contributed by atoms with E-state index in [0.29, 0.717) is 66.8 Å². The van der Waals surface area contributed by atoms with Gasteiger partial charge in [0.1, 0.15) is 0 Å². The largest absolute Gasteiger partial charge is 0.378 e. The van der Waals surface area contributed by atoms with E-state index in [0.717, 1.165) is 11.4 Å². The first kappa shape index (κ1) is 37.3. The molecule has 0 aliphatic heterocycles. The Morgan fingerprint density at radius 1 is 0.345 bits per heavy atom. The summed E-state index contributed by atoms with van der Waals surface area (Å²) >= 11 is 0. The molecule has 4 bridgehead atoms. The minimum atomic E-state index is -0.483. The average molecular weight is 747 g/mol. The van der Waals surface area contributed by atoms with E-state index in [9.17, 15) is 20.2 Å². The van der Waals surface area contributed by atoms with Gasteiger partial charge < -0.3 is 9.80 Å². The maximum atomic E-state index is 11.7. The Hall–Kier alpha value is -9.02. The fourth-order valence-electron chi connectivity index (χ4n) is 5.71. The van der Waals surface area contributed by atoms with Crippen molar-refractivity contribution >= 4 is 22.7 Å². The van der Waals surface area contributed by atoms with E-state index in [1.165, 1.54) is 24.3 Å². The molecule has 0 spiro atoms. The Bertz CT molecular complexity index is 2970. The lowest BCUT2D eigenvalue weighted by atomic mass is 9.96. The zero-order valence-electron chi connectivity index (χ0n) is 31.5. The van der Waals surface area contributed by atoms with Crippen molar-refractivity contribution in [2.75, 3.05) is 38.0 Å². The molecule has 58 heavy (non-hydrogen) atoms. The molecule has 0 heterocycles. The van der Waals surface area contributed by atoms with Crippen LogP contribution in [-0.2, 0) is 0 Å². The number of nitrogens with zero attached hydrogens (tertiary/aromatic N) is 4. The fourth-order valence-corrected chi connectivity index (χ4v) is 5.71. The van der Waals surface area contributed by atoms with Gasteiger partial charge in [-0.05, 0) is 84.3 Å². The van der Waals surface area contributed by atoms with E-state index in [1.54, 1.807) is 12.1 Å². The van der Waals surface area contributed by atoms with Crippen molar-refractivity contribution in [2.45, 2.75) is 0 Å². The highest BCUT2D eigenvalue weighted by molar-refractivity contribution is 5.69. The molecule has 7 rings (SSSR count). The number of nitro groups is 2. The summed E-state index contributed by atoms with van der Waals surface area (Å²) in [6.07, 6.45) is 0. The molecule has 2 aliphatic carbocycles. The van der Waals surface area contributed by atoms with Gasteiger partial charge in [0.2, 0.25) is 0 Å². The Kier molecular flexibility index (Phi) is 10.4. The van der Waals surface area contributed by atoms with Crippen molar-refractivity contribution in [1.29, 1.82) is 0 Å². The zero-order valence-corrected chi connectivity index (χ0v) is 31.5. The molecular formula is C50H26N4O4. The maximum Gasteiger partial charge on any atom is 0.270 e. The highest BCUT2D eigenvalue weighted by atomic mass is 16.6. The number of non-ortho nitro benzene ring substituents is 2. The highest BCUT2D eigenvalue weighted by Gasteiger charge is 2.13. The molecule has 0 unspecified atom stereocenters. The number of nitro benzene ring substituents is 2. The second kappa shape index (κ2) is 16.1. The minimum Gasteiger partial charge on any atom is -0.378 e. The molecule has 5 aromatic carbocycles. The zero-order chi connectivity index (χ0) is 40.8. The molecule has 0 N–H and O–H groups in total.